The molecule has 2 aliphatic heterocycles. The summed E-state index contributed by atoms with van der Waals surface area (Å²) >= 11 is 0. The van der Waals surface area contributed by atoms with E-state index in [9.17, 15) is 9.90 Å². The lowest BCUT2D eigenvalue weighted by molar-refractivity contribution is -0.136. The van der Waals surface area contributed by atoms with Gasteiger partial charge in [-0.2, -0.15) is 0 Å². The number of aliphatic hydroxyl groups is 1. The molecule has 0 bridgehead atoms. The summed E-state index contributed by atoms with van der Waals surface area (Å²) in [5.41, 5.74) is 0. The van der Waals surface area contributed by atoms with Crippen LogP contribution in [0.2, 0.25) is 0 Å². The maximum atomic E-state index is 12.8. The number of hydrogen-bond acceptors (Lipinski definition) is 4. The number of hydrogen-bond donors (Lipinski definition) is 1. The monoisotopic (exact) mass is 297 g/mol. The van der Waals surface area contributed by atoms with Crippen molar-refractivity contribution in [3.05, 3.63) is 0 Å². The van der Waals surface area contributed by atoms with Crippen LogP contribution in [0.5, 0.6) is 0 Å². The van der Waals surface area contributed by atoms with Gasteiger partial charge in [0, 0.05) is 32.2 Å². The number of rotatable bonds is 4. The van der Waals surface area contributed by atoms with Gasteiger partial charge in [0.25, 0.3) is 0 Å². The molecule has 21 heavy (non-hydrogen) atoms. The molecule has 5 nitrogen and oxygen atoms in total. The van der Waals surface area contributed by atoms with E-state index in [4.69, 9.17) is 0 Å². The first kappa shape index (κ1) is 16.7. The van der Waals surface area contributed by atoms with Crippen molar-refractivity contribution < 1.29 is 9.90 Å². The third-order valence-corrected chi connectivity index (χ3v) is 4.78. The van der Waals surface area contributed by atoms with Crippen molar-refractivity contribution >= 4 is 5.91 Å². The minimum absolute atomic E-state index is 0.120. The molecule has 1 amide bonds. The summed E-state index contributed by atoms with van der Waals surface area (Å²) in [6.45, 7) is 5.33. The van der Waals surface area contributed by atoms with Crippen molar-refractivity contribution in [2.75, 3.05) is 40.3 Å². The number of β-amino-alcohol motifs (C(OH)–C–C–N with tert-alkyl or cyclic N) is 1. The average Bonchev–Trinajstić information content (AvgIpc) is 2.66. The molecule has 3 atom stereocenters. The van der Waals surface area contributed by atoms with Crippen LogP contribution in [0, 0.1) is 0 Å². The molecule has 1 N–H and O–H groups in total. The Bertz CT molecular complexity index is 340. The molecule has 2 saturated heterocycles. The Labute approximate surface area is 128 Å². The lowest BCUT2D eigenvalue weighted by atomic mass is 10.1. The zero-order chi connectivity index (χ0) is 15.4. The lowest BCUT2D eigenvalue weighted by Crippen LogP contribution is -2.51. The van der Waals surface area contributed by atoms with Gasteiger partial charge in [-0.1, -0.05) is 12.8 Å². The van der Waals surface area contributed by atoms with E-state index in [0.717, 1.165) is 38.9 Å². The molecular weight excluding hydrogens is 266 g/mol. The number of nitrogens with zero attached hydrogens (tertiary/aromatic N) is 3. The van der Waals surface area contributed by atoms with Crippen molar-refractivity contribution in [3.8, 4) is 0 Å². The van der Waals surface area contributed by atoms with Gasteiger partial charge in [-0.25, -0.2) is 0 Å². The first-order valence-electron chi connectivity index (χ1n) is 8.36. The third-order valence-electron chi connectivity index (χ3n) is 4.78. The number of likely N-dealkylation sites (tertiary alicyclic amines) is 2. The molecule has 2 aliphatic rings. The largest absolute Gasteiger partial charge is 0.392 e. The minimum Gasteiger partial charge on any atom is -0.392 e. The van der Waals surface area contributed by atoms with Crippen molar-refractivity contribution in [2.45, 2.75) is 57.2 Å². The summed E-state index contributed by atoms with van der Waals surface area (Å²) in [5.74, 6) is 0.245. The highest BCUT2D eigenvalue weighted by Crippen LogP contribution is 2.23. The highest BCUT2D eigenvalue weighted by molar-refractivity contribution is 5.81. The molecule has 0 saturated carbocycles. The van der Waals surface area contributed by atoms with Crippen LogP contribution < -0.4 is 0 Å². The molecule has 2 rings (SSSR count). The summed E-state index contributed by atoms with van der Waals surface area (Å²) in [5, 5.41) is 9.98. The van der Waals surface area contributed by atoms with Crippen LogP contribution in [0.4, 0.5) is 0 Å². The van der Waals surface area contributed by atoms with Crippen molar-refractivity contribution in [1.29, 1.82) is 0 Å². The zero-order valence-electron chi connectivity index (χ0n) is 13.8. The molecule has 3 unspecified atom stereocenters. The van der Waals surface area contributed by atoms with Crippen LogP contribution in [0.3, 0.4) is 0 Å². The summed E-state index contributed by atoms with van der Waals surface area (Å²) < 4.78 is 0. The van der Waals surface area contributed by atoms with Gasteiger partial charge >= 0.3 is 0 Å². The first-order valence-corrected chi connectivity index (χ1v) is 8.36. The Morgan fingerprint density at radius 3 is 2.43 bits per heavy atom. The highest BCUT2D eigenvalue weighted by atomic mass is 16.3. The van der Waals surface area contributed by atoms with Crippen molar-refractivity contribution in [2.24, 2.45) is 0 Å². The Morgan fingerprint density at radius 1 is 1.24 bits per heavy atom. The van der Waals surface area contributed by atoms with Gasteiger partial charge in [-0.05, 0) is 40.3 Å². The first-order chi connectivity index (χ1) is 9.99. The standard InChI is InChI=1S/C16H31N3O2/c1-13(16(21)18-8-6-4-5-7-9-18)19-12-15(20)10-14(19)11-17(2)3/h13-15,20H,4-12H2,1-3H3. The molecule has 0 aromatic carbocycles. The van der Waals surface area contributed by atoms with Gasteiger partial charge in [0.2, 0.25) is 5.91 Å². The maximum absolute atomic E-state index is 12.8. The Balaban J connectivity index is 1.99. The Morgan fingerprint density at radius 2 is 1.86 bits per heavy atom. The maximum Gasteiger partial charge on any atom is 0.239 e. The summed E-state index contributed by atoms with van der Waals surface area (Å²) in [7, 11) is 4.09. The second-order valence-corrected chi connectivity index (χ2v) is 6.92. The Hall–Kier alpha value is -0.650. The molecule has 0 aliphatic carbocycles. The molecular formula is C16H31N3O2. The summed E-state index contributed by atoms with van der Waals surface area (Å²) in [4.78, 5) is 19.1. The normalized spacial score (nSPS) is 29.7. The van der Waals surface area contributed by atoms with Crippen LogP contribution in [0.25, 0.3) is 0 Å². The topological polar surface area (TPSA) is 47.0 Å². The van der Waals surface area contributed by atoms with E-state index < -0.39 is 0 Å². The van der Waals surface area contributed by atoms with E-state index in [1.165, 1.54) is 12.8 Å². The lowest BCUT2D eigenvalue weighted by Gasteiger charge is -2.34. The number of likely N-dealkylation sites (N-methyl/N-ethyl adjacent to an activating group) is 1. The molecule has 0 aromatic heterocycles. The number of carbonyl (C=O) groups excluding carboxylic acids is 1. The number of carbonyl (C=O) groups is 1. The molecule has 122 valence electrons. The fraction of sp³-hybridized carbons (Fsp3) is 0.938. The Kier molecular flexibility index (Phi) is 6.02. The van der Waals surface area contributed by atoms with Crippen LogP contribution >= 0.6 is 0 Å². The van der Waals surface area contributed by atoms with Crippen LogP contribution in [0.1, 0.15) is 39.0 Å². The summed E-state index contributed by atoms with van der Waals surface area (Å²) in [6.07, 6.45) is 5.21. The van der Waals surface area contributed by atoms with Gasteiger partial charge in [0.15, 0.2) is 0 Å². The van der Waals surface area contributed by atoms with Gasteiger partial charge in [-0.15, -0.1) is 0 Å². The third kappa shape index (κ3) is 4.41. The van der Waals surface area contributed by atoms with Gasteiger partial charge < -0.3 is 14.9 Å². The quantitative estimate of drug-likeness (QED) is 0.833. The molecule has 5 heteroatoms. The fourth-order valence-electron chi connectivity index (χ4n) is 3.69. The number of amides is 1. The highest BCUT2D eigenvalue weighted by Gasteiger charge is 2.37. The smallest absolute Gasteiger partial charge is 0.239 e. The van der Waals surface area contributed by atoms with E-state index in [1.54, 1.807) is 0 Å². The van der Waals surface area contributed by atoms with E-state index in [0.29, 0.717) is 6.54 Å². The minimum atomic E-state index is -0.297. The van der Waals surface area contributed by atoms with Crippen molar-refractivity contribution in [3.63, 3.8) is 0 Å². The predicted molar refractivity (Wildman–Crippen MR) is 84.2 cm³/mol. The molecule has 0 spiro atoms. The SMILES string of the molecule is CC(C(=O)N1CCCCCC1)N1CC(O)CC1CN(C)C. The molecule has 2 fully saturated rings. The second kappa shape index (κ2) is 7.56. The fourth-order valence-corrected chi connectivity index (χ4v) is 3.69. The zero-order valence-corrected chi connectivity index (χ0v) is 13.8. The van der Waals surface area contributed by atoms with E-state index in [2.05, 4.69) is 9.80 Å². The van der Waals surface area contributed by atoms with Crippen LogP contribution in [-0.4, -0.2) is 84.2 Å². The average molecular weight is 297 g/mol. The van der Waals surface area contributed by atoms with Crippen LogP contribution in [-0.2, 0) is 4.79 Å². The van der Waals surface area contributed by atoms with E-state index in [1.807, 2.05) is 25.9 Å². The van der Waals surface area contributed by atoms with Gasteiger partial charge in [-0.3, -0.25) is 9.69 Å². The van der Waals surface area contributed by atoms with E-state index in [-0.39, 0.29) is 24.1 Å². The van der Waals surface area contributed by atoms with Gasteiger partial charge in [0.1, 0.15) is 0 Å². The van der Waals surface area contributed by atoms with Crippen molar-refractivity contribution in [1.82, 2.24) is 14.7 Å². The van der Waals surface area contributed by atoms with Gasteiger partial charge in [0.05, 0.1) is 12.1 Å². The number of aliphatic hydroxyl groups excluding tert-OH is 1. The molecule has 2 heterocycles. The summed E-state index contributed by atoms with van der Waals surface area (Å²) in [6, 6.07) is 0.158. The van der Waals surface area contributed by atoms with E-state index >= 15 is 0 Å². The molecule has 0 radical (unpaired) electrons. The second-order valence-electron chi connectivity index (χ2n) is 6.92. The van der Waals surface area contributed by atoms with Crippen LogP contribution in [0.15, 0.2) is 0 Å². The molecule has 0 aromatic rings. The predicted octanol–water partition coefficient (Wildman–Crippen LogP) is 0.774.